The number of hydrogen-bond donors (Lipinski definition) is 0. The maximum absolute atomic E-state index is 5.26. The van der Waals surface area contributed by atoms with Gasteiger partial charge in [0.1, 0.15) is 0 Å². The third-order valence-electron chi connectivity index (χ3n) is 1.00. The number of rotatable bonds is 1. The molecule has 0 bridgehead atoms. The van der Waals surface area contributed by atoms with Crippen LogP contribution in [0.15, 0.2) is 0 Å². The van der Waals surface area contributed by atoms with E-state index in [1.54, 1.807) is 7.11 Å². The lowest BCUT2D eigenvalue weighted by Gasteiger charge is -2.08. The Kier molecular flexibility index (Phi) is 2.93. The summed E-state index contributed by atoms with van der Waals surface area (Å²) in [6.45, 7) is 2.20. The fraction of sp³-hybridized carbons (Fsp3) is 1.00. The molecule has 1 aliphatic rings. The molecule has 0 saturated carbocycles. The predicted molar refractivity (Wildman–Crippen MR) is 50.8 cm³/mol. The smallest absolute Gasteiger partial charge is 0.174 e. The molecule has 1 saturated heterocycles. The summed E-state index contributed by atoms with van der Waals surface area (Å²) in [7, 11) is 1.72. The van der Waals surface area contributed by atoms with Crippen LogP contribution in [0.1, 0.15) is 6.92 Å². The Morgan fingerprint density at radius 1 is 1.78 bits per heavy atom. The molecule has 0 spiro atoms. The highest BCUT2D eigenvalue weighted by atomic mass is 33.2. The molecule has 1 aliphatic heterocycles. The maximum Gasteiger partial charge on any atom is 0.174 e. The van der Waals surface area contributed by atoms with Gasteiger partial charge in [-0.05, 0) is 11.8 Å². The largest absolute Gasteiger partial charge is 0.337 e. The molecule has 54 valence electrons. The zero-order chi connectivity index (χ0) is 6.91. The van der Waals surface area contributed by atoms with Gasteiger partial charge in [0.05, 0.1) is 0 Å². The Bertz CT molecular complexity index is 149. The molecule has 1 rings (SSSR count). The van der Waals surface area contributed by atoms with Crippen molar-refractivity contribution in [1.29, 1.82) is 0 Å². The van der Waals surface area contributed by atoms with E-state index in [0.29, 0.717) is 5.25 Å². The van der Waals surface area contributed by atoms with Gasteiger partial charge in [-0.2, -0.15) is 0 Å². The quantitative estimate of drug-likeness (QED) is 0.601. The average molecular weight is 200 g/mol. The van der Waals surface area contributed by atoms with Crippen LogP contribution < -0.4 is 0 Å². The molecule has 1 heterocycles. The van der Waals surface area contributed by atoms with Crippen LogP contribution >= 0.6 is 27.4 Å². The molecule has 0 aromatic rings. The summed E-state index contributed by atoms with van der Waals surface area (Å²) < 4.78 is 3.78. The lowest BCUT2D eigenvalue weighted by molar-refractivity contribution is 0.480. The monoisotopic (exact) mass is 200 g/mol. The van der Waals surface area contributed by atoms with Crippen molar-refractivity contribution in [3.8, 4) is 0 Å². The zero-order valence-electron chi connectivity index (χ0n) is 5.36. The Labute approximate surface area is 68.9 Å². The van der Waals surface area contributed by atoms with Crippen LogP contribution in [0, 0.1) is 0 Å². The molecule has 0 aromatic carbocycles. The van der Waals surface area contributed by atoms with Crippen molar-refractivity contribution >= 4 is 39.2 Å². The van der Waals surface area contributed by atoms with Crippen LogP contribution in [-0.4, -0.2) is 18.1 Å². The molecule has 5 heteroatoms. The highest BCUT2D eigenvalue weighted by Gasteiger charge is 2.29. The third-order valence-corrected chi connectivity index (χ3v) is 11.4. The SMILES string of the molecule is CO[P@@]1(=S)SC[C@H](C)S1. The third kappa shape index (κ3) is 2.12. The second kappa shape index (κ2) is 3.14. The first-order chi connectivity index (χ1) is 4.16. The molecule has 1 fully saturated rings. The van der Waals surface area contributed by atoms with E-state index in [4.69, 9.17) is 16.3 Å². The summed E-state index contributed by atoms with van der Waals surface area (Å²) in [6.07, 6.45) is 0. The van der Waals surface area contributed by atoms with Gasteiger partial charge < -0.3 is 4.52 Å². The van der Waals surface area contributed by atoms with Gasteiger partial charge in [0.25, 0.3) is 0 Å². The lowest BCUT2D eigenvalue weighted by Crippen LogP contribution is -1.88. The molecular weight excluding hydrogens is 191 g/mol. The second-order valence-corrected chi connectivity index (χ2v) is 12.8. The van der Waals surface area contributed by atoms with Crippen molar-refractivity contribution in [2.75, 3.05) is 12.9 Å². The van der Waals surface area contributed by atoms with Gasteiger partial charge in [-0.25, -0.2) is 0 Å². The zero-order valence-corrected chi connectivity index (χ0v) is 8.71. The topological polar surface area (TPSA) is 9.23 Å². The van der Waals surface area contributed by atoms with Gasteiger partial charge in [0.2, 0.25) is 0 Å². The lowest BCUT2D eigenvalue weighted by atomic mass is 10.6. The van der Waals surface area contributed by atoms with Crippen molar-refractivity contribution in [3.05, 3.63) is 0 Å². The van der Waals surface area contributed by atoms with Crippen molar-refractivity contribution in [1.82, 2.24) is 0 Å². The summed E-state index contributed by atoms with van der Waals surface area (Å²) in [5, 5.41) is 0.695. The van der Waals surface area contributed by atoms with Gasteiger partial charge in [-0.1, -0.05) is 29.7 Å². The minimum atomic E-state index is -1.44. The van der Waals surface area contributed by atoms with Crippen LogP contribution in [0.3, 0.4) is 0 Å². The average Bonchev–Trinajstić information content (AvgIpc) is 2.13. The first-order valence-corrected chi connectivity index (χ1v) is 8.44. The molecular formula is C4H9OPS3. The molecule has 9 heavy (non-hydrogen) atoms. The molecule has 0 radical (unpaired) electrons. The van der Waals surface area contributed by atoms with E-state index in [-0.39, 0.29) is 0 Å². The minimum absolute atomic E-state index is 0.695. The summed E-state index contributed by atoms with van der Waals surface area (Å²) in [5.74, 6) is 1.16. The van der Waals surface area contributed by atoms with Crippen LogP contribution in [0.4, 0.5) is 0 Å². The Morgan fingerprint density at radius 2 is 2.44 bits per heavy atom. The van der Waals surface area contributed by atoms with Gasteiger partial charge in [0, 0.05) is 18.1 Å². The Morgan fingerprint density at radius 3 is 2.67 bits per heavy atom. The van der Waals surface area contributed by atoms with Crippen LogP contribution in [0.2, 0.25) is 0 Å². The summed E-state index contributed by atoms with van der Waals surface area (Å²) in [5.41, 5.74) is 0. The Balaban J connectivity index is 2.55. The summed E-state index contributed by atoms with van der Waals surface area (Å²) in [4.78, 5) is 0. The normalized spacial score (nSPS) is 43.6. The standard InChI is InChI=1S/C4H9OPS3/c1-4-3-8-6(7,5-2)9-4/h4H,3H2,1-2H3/t4-,6+/m0/s1. The van der Waals surface area contributed by atoms with Gasteiger partial charge in [-0.15, -0.1) is 0 Å². The van der Waals surface area contributed by atoms with Crippen molar-refractivity contribution in [2.45, 2.75) is 12.2 Å². The molecule has 0 N–H and O–H groups in total. The fourth-order valence-electron chi connectivity index (χ4n) is 0.573. The summed E-state index contributed by atoms with van der Waals surface area (Å²) in [6, 6.07) is 0. The molecule has 0 unspecified atom stereocenters. The van der Waals surface area contributed by atoms with Crippen LogP contribution in [0.5, 0.6) is 0 Å². The highest BCUT2D eigenvalue weighted by Crippen LogP contribution is 2.75. The molecule has 0 aliphatic carbocycles. The Hall–Kier alpha value is 1.31. The minimum Gasteiger partial charge on any atom is -0.337 e. The van der Waals surface area contributed by atoms with E-state index in [9.17, 15) is 0 Å². The molecule has 0 aromatic heterocycles. The second-order valence-electron chi connectivity index (χ2n) is 1.84. The first-order valence-electron chi connectivity index (χ1n) is 2.65. The van der Waals surface area contributed by atoms with Gasteiger partial charge >= 0.3 is 0 Å². The molecule has 2 atom stereocenters. The van der Waals surface area contributed by atoms with E-state index in [1.165, 1.54) is 0 Å². The number of hydrogen-bond acceptors (Lipinski definition) is 4. The maximum atomic E-state index is 5.26. The van der Waals surface area contributed by atoms with Crippen molar-refractivity contribution < 1.29 is 4.52 Å². The highest BCUT2D eigenvalue weighted by molar-refractivity contribution is 9.00. The molecule has 0 amide bonds. The van der Waals surface area contributed by atoms with E-state index in [2.05, 4.69) is 6.92 Å². The van der Waals surface area contributed by atoms with Crippen molar-refractivity contribution in [3.63, 3.8) is 0 Å². The van der Waals surface area contributed by atoms with E-state index in [0.717, 1.165) is 5.75 Å². The van der Waals surface area contributed by atoms with E-state index < -0.39 is 4.67 Å². The first kappa shape index (κ1) is 8.41. The van der Waals surface area contributed by atoms with Gasteiger partial charge in [-0.3, -0.25) is 0 Å². The van der Waals surface area contributed by atoms with Gasteiger partial charge in [0.15, 0.2) is 4.67 Å². The van der Waals surface area contributed by atoms with Crippen LogP contribution in [-0.2, 0) is 16.3 Å². The van der Waals surface area contributed by atoms with Crippen LogP contribution in [0.25, 0.3) is 0 Å². The van der Waals surface area contributed by atoms with E-state index in [1.807, 2.05) is 22.8 Å². The fourth-order valence-corrected chi connectivity index (χ4v) is 10.5. The molecule has 1 nitrogen and oxygen atoms in total. The summed E-state index contributed by atoms with van der Waals surface area (Å²) >= 11 is 8.91. The van der Waals surface area contributed by atoms with E-state index >= 15 is 0 Å². The van der Waals surface area contributed by atoms with Crippen molar-refractivity contribution in [2.24, 2.45) is 0 Å². The predicted octanol–water partition coefficient (Wildman–Crippen LogP) is 2.73.